The summed E-state index contributed by atoms with van der Waals surface area (Å²) in [4.78, 5) is 22.8. The number of carboxylic acid groups (broad SMARTS) is 1. The molecular formula is C13H21NO3. The van der Waals surface area contributed by atoms with E-state index in [1.54, 1.807) is 0 Å². The lowest BCUT2D eigenvalue weighted by Gasteiger charge is -2.17. The highest BCUT2D eigenvalue weighted by atomic mass is 16.4. The van der Waals surface area contributed by atoms with E-state index in [-0.39, 0.29) is 11.8 Å². The van der Waals surface area contributed by atoms with Gasteiger partial charge in [0.15, 0.2) is 0 Å². The van der Waals surface area contributed by atoms with E-state index >= 15 is 0 Å². The Morgan fingerprint density at radius 3 is 2.53 bits per heavy atom. The molecule has 0 fully saturated rings. The molecule has 0 saturated heterocycles. The van der Waals surface area contributed by atoms with E-state index in [2.05, 4.69) is 12.2 Å². The Balaban J connectivity index is 2.37. The number of nitrogens with one attached hydrogen (secondary N) is 1. The van der Waals surface area contributed by atoms with Crippen LogP contribution in [0.5, 0.6) is 0 Å². The van der Waals surface area contributed by atoms with Crippen LogP contribution in [0.2, 0.25) is 0 Å². The van der Waals surface area contributed by atoms with E-state index in [1.165, 1.54) is 0 Å². The molecule has 1 aliphatic rings. The number of hydrogen-bond donors (Lipinski definition) is 2. The highest BCUT2D eigenvalue weighted by molar-refractivity contribution is 5.85. The molecule has 2 N–H and O–H groups in total. The van der Waals surface area contributed by atoms with Gasteiger partial charge in [0.1, 0.15) is 6.04 Å². The van der Waals surface area contributed by atoms with Crippen molar-refractivity contribution in [2.24, 2.45) is 5.92 Å². The van der Waals surface area contributed by atoms with Gasteiger partial charge in [-0.25, -0.2) is 4.79 Å². The first kappa shape index (κ1) is 13.7. The molecular weight excluding hydrogens is 218 g/mol. The van der Waals surface area contributed by atoms with Crippen molar-refractivity contribution in [2.45, 2.75) is 51.5 Å². The summed E-state index contributed by atoms with van der Waals surface area (Å²) in [6.45, 7) is 2.07. The van der Waals surface area contributed by atoms with Crippen molar-refractivity contribution in [2.75, 3.05) is 0 Å². The molecule has 0 aromatic rings. The molecule has 0 saturated carbocycles. The number of carbonyl (C=O) groups excluding carboxylic acids is 1. The fraction of sp³-hybridized carbons (Fsp3) is 0.692. The molecule has 17 heavy (non-hydrogen) atoms. The number of allylic oxidation sites excluding steroid dienone is 2. The van der Waals surface area contributed by atoms with Crippen molar-refractivity contribution < 1.29 is 14.7 Å². The molecule has 4 nitrogen and oxygen atoms in total. The number of rotatable bonds is 7. The summed E-state index contributed by atoms with van der Waals surface area (Å²) in [5.74, 6) is -1.12. The normalized spacial score (nSPS) is 17.0. The van der Waals surface area contributed by atoms with Gasteiger partial charge >= 0.3 is 5.97 Å². The van der Waals surface area contributed by atoms with Gasteiger partial charge in [-0.15, -0.1) is 0 Å². The number of amides is 1. The molecule has 1 amide bonds. The molecule has 1 atom stereocenters. The predicted octanol–water partition coefficient (Wildman–Crippen LogP) is 2.10. The Morgan fingerprint density at radius 2 is 2.00 bits per heavy atom. The van der Waals surface area contributed by atoms with Gasteiger partial charge in [-0.05, 0) is 19.3 Å². The minimum atomic E-state index is -0.930. The average molecular weight is 239 g/mol. The van der Waals surface area contributed by atoms with Crippen molar-refractivity contribution in [3.63, 3.8) is 0 Å². The number of carboxylic acids is 1. The third kappa shape index (κ3) is 4.59. The maximum absolute atomic E-state index is 11.8. The second-order valence-electron chi connectivity index (χ2n) is 4.53. The molecule has 1 rings (SSSR count). The number of aliphatic carboxylic acids is 1. The van der Waals surface area contributed by atoms with Crippen LogP contribution in [0.15, 0.2) is 12.2 Å². The van der Waals surface area contributed by atoms with Crippen LogP contribution in [-0.4, -0.2) is 23.0 Å². The molecule has 0 aromatic carbocycles. The lowest BCUT2D eigenvalue weighted by Crippen LogP contribution is -2.43. The van der Waals surface area contributed by atoms with Gasteiger partial charge < -0.3 is 10.4 Å². The zero-order valence-corrected chi connectivity index (χ0v) is 10.3. The molecule has 0 aliphatic heterocycles. The van der Waals surface area contributed by atoms with Crippen molar-refractivity contribution >= 4 is 11.9 Å². The highest BCUT2D eigenvalue weighted by Crippen LogP contribution is 2.18. The van der Waals surface area contributed by atoms with E-state index in [0.29, 0.717) is 6.42 Å². The largest absolute Gasteiger partial charge is 0.480 e. The maximum Gasteiger partial charge on any atom is 0.326 e. The number of carbonyl (C=O) groups is 2. The second-order valence-corrected chi connectivity index (χ2v) is 4.53. The third-order valence-electron chi connectivity index (χ3n) is 3.09. The summed E-state index contributed by atoms with van der Waals surface area (Å²) in [5, 5.41) is 11.7. The van der Waals surface area contributed by atoms with Crippen LogP contribution in [0, 0.1) is 5.92 Å². The minimum absolute atomic E-state index is 0.0666. The maximum atomic E-state index is 11.8. The van der Waals surface area contributed by atoms with Crippen LogP contribution in [-0.2, 0) is 9.59 Å². The van der Waals surface area contributed by atoms with Crippen LogP contribution in [0.4, 0.5) is 0 Å². The average Bonchev–Trinajstić information content (AvgIpc) is 2.81. The minimum Gasteiger partial charge on any atom is -0.480 e. The topological polar surface area (TPSA) is 66.4 Å². The quantitative estimate of drug-likeness (QED) is 0.528. The molecule has 0 bridgehead atoms. The zero-order valence-electron chi connectivity index (χ0n) is 10.3. The fourth-order valence-electron chi connectivity index (χ4n) is 1.98. The first-order chi connectivity index (χ1) is 8.15. The van der Waals surface area contributed by atoms with Crippen molar-refractivity contribution in [1.29, 1.82) is 0 Å². The molecule has 0 heterocycles. The Labute approximate surface area is 102 Å². The molecule has 0 radical (unpaired) electrons. The van der Waals surface area contributed by atoms with Crippen LogP contribution in [0.25, 0.3) is 0 Å². The summed E-state index contributed by atoms with van der Waals surface area (Å²) < 4.78 is 0. The van der Waals surface area contributed by atoms with E-state index < -0.39 is 12.0 Å². The lowest BCUT2D eigenvalue weighted by atomic mass is 10.0. The molecule has 0 spiro atoms. The van der Waals surface area contributed by atoms with Crippen LogP contribution < -0.4 is 5.32 Å². The summed E-state index contributed by atoms with van der Waals surface area (Å²) in [6.07, 6.45) is 8.82. The van der Waals surface area contributed by atoms with Crippen molar-refractivity contribution in [3.05, 3.63) is 12.2 Å². The molecule has 4 heteroatoms. The predicted molar refractivity (Wildman–Crippen MR) is 65.6 cm³/mol. The zero-order chi connectivity index (χ0) is 12.7. The van der Waals surface area contributed by atoms with Gasteiger partial charge in [0.25, 0.3) is 0 Å². The first-order valence-electron chi connectivity index (χ1n) is 6.33. The Hall–Kier alpha value is -1.32. The van der Waals surface area contributed by atoms with E-state index in [4.69, 9.17) is 5.11 Å². The molecule has 1 aliphatic carbocycles. The van der Waals surface area contributed by atoms with Gasteiger partial charge in [0, 0.05) is 5.92 Å². The Kier molecular flexibility index (Phi) is 5.73. The van der Waals surface area contributed by atoms with Crippen LogP contribution in [0.1, 0.15) is 45.4 Å². The van der Waals surface area contributed by atoms with E-state index in [9.17, 15) is 9.59 Å². The molecule has 96 valence electrons. The SMILES string of the molecule is CCCCC[C@@H](NC(=O)C1CC=CC1)C(=O)O. The smallest absolute Gasteiger partial charge is 0.326 e. The summed E-state index contributed by atoms with van der Waals surface area (Å²) in [5.41, 5.74) is 0. The van der Waals surface area contributed by atoms with Crippen molar-refractivity contribution in [1.82, 2.24) is 5.32 Å². The molecule has 0 aromatic heterocycles. The lowest BCUT2D eigenvalue weighted by molar-refractivity contribution is -0.142. The summed E-state index contributed by atoms with van der Waals surface area (Å²) in [6, 6.07) is -0.727. The van der Waals surface area contributed by atoms with Gasteiger partial charge in [-0.1, -0.05) is 38.3 Å². The fourth-order valence-corrected chi connectivity index (χ4v) is 1.98. The monoisotopic (exact) mass is 239 g/mol. The van der Waals surface area contributed by atoms with Gasteiger partial charge in [0.05, 0.1) is 0 Å². The Morgan fingerprint density at radius 1 is 1.35 bits per heavy atom. The summed E-state index contributed by atoms with van der Waals surface area (Å²) in [7, 11) is 0. The van der Waals surface area contributed by atoms with Gasteiger partial charge in [-0.2, -0.15) is 0 Å². The van der Waals surface area contributed by atoms with Gasteiger partial charge in [-0.3, -0.25) is 4.79 Å². The standard InChI is InChI=1S/C13H21NO3/c1-2-3-4-9-11(13(16)17)14-12(15)10-7-5-6-8-10/h5-6,10-11H,2-4,7-9H2,1H3,(H,14,15)(H,16,17)/t11-/m1/s1. The van der Waals surface area contributed by atoms with Crippen LogP contribution >= 0.6 is 0 Å². The first-order valence-corrected chi connectivity index (χ1v) is 6.33. The van der Waals surface area contributed by atoms with Crippen molar-refractivity contribution in [3.8, 4) is 0 Å². The summed E-state index contributed by atoms with van der Waals surface area (Å²) >= 11 is 0. The number of unbranched alkanes of at least 4 members (excludes halogenated alkanes) is 2. The van der Waals surface area contributed by atoms with E-state index in [0.717, 1.165) is 32.1 Å². The number of hydrogen-bond acceptors (Lipinski definition) is 2. The molecule has 0 unspecified atom stereocenters. The van der Waals surface area contributed by atoms with Crippen LogP contribution in [0.3, 0.4) is 0 Å². The van der Waals surface area contributed by atoms with Gasteiger partial charge in [0.2, 0.25) is 5.91 Å². The Bertz CT molecular complexity index is 291. The second kappa shape index (κ2) is 7.09. The van der Waals surface area contributed by atoms with E-state index in [1.807, 2.05) is 12.2 Å². The highest BCUT2D eigenvalue weighted by Gasteiger charge is 2.25. The third-order valence-corrected chi connectivity index (χ3v) is 3.09.